The van der Waals surface area contributed by atoms with Crippen molar-refractivity contribution in [2.75, 3.05) is 16.8 Å². The lowest BCUT2D eigenvalue weighted by Crippen LogP contribution is -2.30. The molecule has 41 heavy (non-hydrogen) atoms. The summed E-state index contributed by atoms with van der Waals surface area (Å²) in [6, 6.07) is 1.66. The molecule has 2 atom stereocenters. The number of aromatic nitrogens is 6. The molecule has 0 radical (unpaired) electrons. The van der Waals surface area contributed by atoms with Crippen LogP contribution in [0.15, 0.2) is 43.1 Å². The fraction of sp³-hybridized carbons (Fsp3) is 0.269. The molecule has 0 aliphatic carbocycles. The first-order chi connectivity index (χ1) is 19.5. The van der Waals surface area contributed by atoms with E-state index in [9.17, 15) is 27.9 Å². The molecule has 1 aliphatic heterocycles. The van der Waals surface area contributed by atoms with Gasteiger partial charge in [-0.05, 0) is 19.9 Å². The van der Waals surface area contributed by atoms with Crippen LogP contribution in [0.3, 0.4) is 0 Å². The number of hydrogen-bond donors (Lipinski definition) is 2. The first kappa shape index (κ1) is 28.1. The largest absolute Gasteiger partial charge is 0.383 e. The number of halogens is 4. The molecule has 15 heteroatoms. The molecule has 3 aromatic heterocycles. The van der Waals surface area contributed by atoms with E-state index in [1.807, 2.05) is 6.92 Å². The Hall–Kier alpha value is -4.43. The zero-order chi connectivity index (χ0) is 29.4. The molecule has 1 aromatic carbocycles. The highest BCUT2D eigenvalue weighted by Gasteiger charge is 2.32. The van der Waals surface area contributed by atoms with E-state index in [2.05, 4.69) is 30.4 Å². The Morgan fingerprint density at radius 1 is 1.17 bits per heavy atom. The monoisotopic (exact) mass is 586 g/mol. The number of amides is 2. The second-order valence-corrected chi connectivity index (χ2v) is 9.67. The number of benzene rings is 1. The molecule has 1 saturated heterocycles. The van der Waals surface area contributed by atoms with Gasteiger partial charge in [0.05, 0.1) is 40.5 Å². The quantitative estimate of drug-likeness (QED) is 0.330. The fourth-order valence-corrected chi connectivity index (χ4v) is 4.46. The van der Waals surface area contributed by atoms with Gasteiger partial charge in [-0.25, -0.2) is 28.1 Å². The molecule has 212 valence electrons. The smallest absolute Gasteiger partial charge is 0.276 e. The minimum Gasteiger partial charge on any atom is -0.383 e. The summed E-state index contributed by atoms with van der Waals surface area (Å²) >= 11 is 5.81. The van der Waals surface area contributed by atoms with Gasteiger partial charge in [0.15, 0.2) is 5.82 Å². The number of rotatable bonds is 7. The normalized spacial score (nSPS) is 16.0. The van der Waals surface area contributed by atoms with Crippen LogP contribution in [-0.4, -0.2) is 59.3 Å². The number of aliphatic hydroxyl groups is 1. The van der Waals surface area contributed by atoms with E-state index in [0.717, 1.165) is 18.3 Å². The molecular formula is C26H22ClF3N8O3. The van der Waals surface area contributed by atoms with Crippen molar-refractivity contribution in [3.63, 3.8) is 0 Å². The summed E-state index contributed by atoms with van der Waals surface area (Å²) in [4.78, 5) is 43.0. The molecular weight excluding hydrogens is 565 g/mol. The lowest BCUT2D eigenvalue weighted by Gasteiger charge is -2.15. The number of anilines is 2. The third-order valence-electron chi connectivity index (χ3n) is 6.60. The number of alkyl halides is 2. The van der Waals surface area contributed by atoms with E-state index >= 15 is 0 Å². The van der Waals surface area contributed by atoms with Crippen molar-refractivity contribution in [1.29, 1.82) is 0 Å². The van der Waals surface area contributed by atoms with E-state index < -0.39 is 41.3 Å². The topological polar surface area (TPSA) is 139 Å². The Balaban J connectivity index is 1.34. The van der Waals surface area contributed by atoms with Crippen molar-refractivity contribution in [2.24, 2.45) is 0 Å². The molecule has 0 saturated carbocycles. The van der Waals surface area contributed by atoms with Crippen LogP contribution in [0.2, 0.25) is 5.02 Å². The van der Waals surface area contributed by atoms with Crippen LogP contribution in [0.5, 0.6) is 0 Å². The van der Waals surface area contributed by atoms with Gasteiger partial charge < -0.3 is 10.4 Å². The van der Waals surface area contributed by atoms with Crippen LogP contribution in [0.25, 0.3) is 11.3 Å². The highest BCUT2D eigenvalue weighted by molar-refractivity contribution is 6.31. The Morgan fingerprint density at radius 3 is 2.56 bits per heavy atom. The van der Waals surface area contributed by atoms with E-state index in [0.29, 0.717) is 24.2 Å². The summed E-state index contributed by atoms with van der Waals surface area (Å²) in [5.74, 6) is -2.06. The molecule has 1 fully saturated rings. The van der Waals surface area contributed by atoms with Crippen molar-refractivity contribution in [3.8, 4) is 11.3 Å². The van der Waals surface area contributed by atoms with Crippen molar-refractivity contribution in [2.45, 2.75) is 38.8 Å². The maximum absolute atomic E-state index is 14.8. The minimum atomic E-state index is -3.01. The number of carbonyl (C=O) groups is 2. The summed E-state index contributed by atoms with van der Waals surface area (Å²) < 4.78 is 43.5. The molecule has 2 unspecified atom stereocenters. The van der Waals surface area contributed by atoms with Crippen LogP contribution in [0.4, 0.5) is 24.8 Å². The highest BCUT2D eigenvalue weighted by Crippen LogP contribution is 2.35. The van der Waals surface area contributed by atoms with E-state index in [1.165, 1.54) is 30.4 Å². The van der Waals surface area contributed by atoms with E-state index in [1.54, 1.807) is 10.9 Å². The Labute approximate surface area is 236 Å². The fourth-order valence-electron chi connectivity index (χ4n) is 4.30. The Morgan fingerprint density at radius 2 is 1.90 bits per heavy atom. The molecule has 2 N–H and O–H groups in total. The standard InChI is InChI=1S/C26H22ClF3N8O3/c1-12-22(36-18(10-31-12)20-16(23(29)30)3-4-17(27)21(20)28)24(40)35-15-9-34-38(11-15)13(2)14-7-32-26(33-8-14)37-6-5-19(39)25(37)41/h3-4,7-11,13,19,23,39H,5-6H2,1-2H3,(H,35,40). The number of aliphatic hydroxyl groups excluding tert-OH is 1. The summed E-state index contributed by atoms with van der Waals surface area (Å²) in [7, 11) is 0. The minimum absolute atomic E-state index is 0.188. The molecule has 5 rings (SSSR count). The third kappa shape index (κ3) is 5.47. The molecule has 0 spiro atoms. The van der Waals surface area contributed by atoms with Gasteiger partial charge in [0.25, 0.3) is 18.2 Å². The predicted octanol–water partition coefficient (Wildman–Crippen LogP) is 4.13. The average Bonchev–Trinajstić information content (AvgIpc) is 3.56. The van der Waals surface area contributed by atoms with Gasteiger partial charge in [-0.1, -0.05) is 17.7 Å². The highest BCUT2D eigenvalue weighted by atomic mass is 35.5. The van der Waals surface area contributed by atoms with Gasteiger partial charge >= 0.3 is 0 Å². The second-order valence-electron chi connectivity index (χ2n) is 9.27. The number of nitrogens with one attached hydrogen (secondary N) is 1. The molecule has 4 aromatic rings. The lowest BCUT2D eigenvalue weighted by molar-refractivity contribution is -0.124. The third-order valence-corrected chi connectivity index (χ3v) is 6.90. The number of nitrogens with zero attached hydrogens (tertiary/aromatic N) is 7. The molecule has 2 amide bonds. The van der Waals surface area contributed by atoms with Gasteiger partial charge in [-0.3, -0.25) is 24.2 Å². The number of hydrogen-bond acceptors (Lipinski definition) is 8. The summed E-state index contributed by atoms with van der Waals surface area (Å²) in [5, 5.41) is 16.2. The van der Waals surface area contributed by atoms with Gasteiger partial charge in [-0.15, -0.1) is 0 Å². The maximum atomic E-state index is 14.8. The second kappa shape index (κ2) is 11.2. The summed E-state index contributed by atoms with van der Waals surface area (Å²) in [6.07, 6.45) is 3.37. The Kier molecular flexibility index (Phi) is 7.69. The van der Waals surface area contributed by atoms with E-state index in [-0.39, 0.29) is 34.1 Å². The first-order valence-electron chi connectivity index (χ1n) is 12.3. The van der Waals surface area contributed by atoms with Crippen molar-refractivity contribution < 1.29 is 27.9 Å². The van der Waals surface area contributed by atoms with Crippen molar-refractivity contribution in [3.05, 3.63) is 76.5 Å². The SMILES string of the molecule is Cc1ncc(-c2c(C(F)F)ccc(Cl)c2F)nc1C(=O)Nc1cnn(C(C)c2cnc(N3CCC(O)C3=O)nc2)c1. The lowest BCUT2D eigenvalue weighted by atomic mass is 10.0. The summed E-state index contributed by atoms with van der Waals surface area (Å²) in [5.41, 5.74) is -0.487. The van der Waals surface area contributed by atoms with Crippen molar-refractivity contribution >= 4 is 35.1 Å². The van der Waals surface area contributed by atoms with Gasteiger partial charge in [0, 0.05) is 48.2 Å². The molecule has 11 nitrogen and oxygen atoms in total. The van der Waals surface area contributed by atoms with Gasteiger partial charge in [0.1, 0.15) is 11.8 Å². The zero-order valence-corrected chi connectivity index (χ0v) is 22.3. The first-order valence-corrected chi connectivity index (χ1v) is 12.7. The Bertz CT molecular complexity index is 1630. The molecule has 1 aliphatic rings. The zero-order valence-electron chi connectivity index (χ0n) is 21.6. The average molecular weight is 587 g/mol. The summed E-state index contributed by atoms with van der Waals surface area (Å²) in [6.45, 7) is 3.64. The van der Waals surface area contributed by atoms with Gasteiger partial charge in [0.2, 0.25) is 5.95 Å². The van der Waals surface area contributed by atoms with Crippen LogP contribution in [-0.2, 0) is 4.79 Å². The maximum Gasteiger partial charge on any atom is 0.276 e. The predicted molar refractivity (Wildman–Crippen MR) is 141 cm³/mol. The van der Waals surface area contributed by atoms with Crippen LogP contribution in [0.1, 0.15) is 53.1 Å². The molecule has 4 heterocycles. The number of aryl methyl sites for hydroxylation is 1. The van der Waals surface area contributed by atoms with Gasteiger partial charge in [-0.2, -0.15) is 5.10 Å². The van der Waals surface area contributed by atoms with E-state index in [4.69, 9.17) is 11.6 Å². The molecule has 0 bridgehead atoms. The van der Waals surface area contributed by atoms with Crippen molar-refractivity contribution in [1.82, 2.24) is 29.7 Å². The number of carbonyl (C=O) groups excluding carboxylic acids is 2. The van der Waals surface area contributed by atoms with Crippen LogP contribution >= 0.6 is 11.6 Å². The van der Waals surface area contributed by atoms with Crippen LogP contribution in [0, 0.1) is 12.7 Å². The van der Waals surface area contributed by atoms with Crippen LogP contribution < -0.4 is 10.2 Å².